The first kappa shape index (κ1) is 12.7. The van der Waals surface area contributed by atoms with Crippen LogP contribution in [0, 0.1) is 0 Å². The van der Waals surface area contributed by atoms with E-state index in [0.29, 0.717) is 18.8 Å². The molecule has 0 aliphatic heterocycles. The molecule has 0 aliphatic carbocycles. The third-order valence-electron chi connectivity index (χ3n) is 2.06. The van der Waals surface area contributed by atoms with Gasteiger partial charge in [0.1, 0.15) is 5.75 Å². The van der Waals surface area contributed by atoms with Crippen LogP contribution in [0.2, 0.25) is 0 Å². The second kappa shape index (κ2) is 5.10. The average Bonchev–Trinajstić information content (AvgIpc) is 2.16. The van der Waals surface area contributed by atoms with E-state index in [1.165, 1.54) is 12.1 Å². The Balaban J connectivity index is 2.55. The van der Waals surface area contributed by atoms with Crippen LogP contribution >= 0.6 is 0 Å². The van der Waals surface area contributed by atoms with E-state index in [2.05, 4.69) is 6.58 Å². The van der Waals surface area contributed by atoms with Gasteiger partial charge in [0.2, 0.25) is 0 Å². The van der Waals surface area contributed by atoms with Crippen LogP contribution in [0.5, 0.6) is 5.75 Å². The Kier molecular flexibility index (Phi) is 4.04. The van der Waals surface area contributed by atoms with Gasteiger partial charge in [-0.2, -0.15) is 0 Å². The third kappa shape index (κ3) is 4.00. The average molecular weight is 229 g/mol. The zero-order valence-electron chi connectivity index (χ0n) is 9.05. The molecule has 0 fully saturated rings. The fraction of sp³-hybridized carbons (Fsp3) is 0.273. The minimum Gasteiger partial charge on any atom is -0.493 e. The largest absolute Gasteiger partial charge is 0.509 e. The van der Waals surface area contributed by atoms with E-state index in [-0.39, 0.29) is 0 Å². The number of ether oxygens (including phenoxy) is 1. The standard InChI is InChI=1S/C11H13BF3O/c1-9(2)7-8-16-11-5-3-10(4-6-11)12(13,14)15/h3-6H,1,7-8H2,2H3/q-1. The highest BCUT2D eigenvalue weighted by atomic mass is 19.4. The predicted molar refractivity (Wildman–Crippen MR) is 60.1 cm³/mol. The van der Waals surface area contributed by atoms with Crippen LogP contribution in [0.4, 0.5) is 12.9 Å². The van der Waals surface area contributed by atoms with Gasteiger partial charge in [-0.05, 0) is 19.1 Å². The Bertz CT molecular complexity index is 356. The van der Waals surface area contributed by atoms with Gasteiger partial charge >= 0.3 is 6.98 Å². The van der Waals surface area contributed by atoms with E-state index < -0.39 is 12.4 Å². The molecular formula is C11H13BF3O-. The Morgan fingerprint density at radius 3 is 2.25 bits per heavy atom. The molecule has 1 aromatic carbocycles. The van der Waals surface area contributed by atoms with Gasteiger partial charge in [0.05, 0.1) is 6.61 Å². The zero-order valence-corrected chi connectivity index (χ0v) is 9.05. The van der Waals surface area contributed by atoms with Crippen LogP contribution in [-0.2, 0) is 0 Å². The topological polar surface area (TPSA) is 9.23 Å². The molecule has 0 radical (unpaired) electrons. The minimum atomic E-state index is -4.92. The molecule has 0 heterocycles. The molecule has 0 bridgehead atoms. The Morgan fingerprint density at radius 2 is 1.81 bits per heavy atom. The van der Waals surface area contributed by atoms with Crippen LogP contribution in [-0.4, -0.2) is 13.6 Å². The SMILES string of the molecule is C=C(C)CCOc1ccc([B-](F)(F)F)cc1. The fourth-order valence-corrected chi connectivity index (χ4v) is 1.13. The number of hydrogen-bond acceptors (Lipinski definition) is 1. The van der Waals surface area contributed by atoms with Crippen molar-refractivity contribution in [1.29, 1.82) is 0 Å². The van der Waals surface area contributed by atoms with E-state index in [1.54, 1.807) is 0 Å². The highest BCUT2D eigenvalue weighted by molar-refractivity contribution is 6.73. The van der Waals surface area contributed by atoms with E-state index in [9.17, 15) is 12.9 Å². The lowest BCUT2D eigenvalue weighted by Crippen LogP contribution is -2.33. The van der Waals surface area contributed by atoms with Gasteiger partial charge in [-0.3, -0.25) is 0 Å². The van der Waals surface area contributed by atoms with Crippen LogP contribution in [0.1, 0.15) is 13.3 Å². The maximum atomic E-state index is 12.3. The summed E-state index contributed by atoms with van der Waals surface area (Å²) in [7, 11) is 0. The van der Waals surface area contributed by atoms with Gasteiger partial charge < -0.3 is 17.7 Å². The van der Waals surface area contributed by atoms with Crippen LogP contribution in [0.3, 0.4) is 0 Å². The van der Waals surface area contributed by atoms with Crippen molar-refractivity contribution < 1.29 is 17.7 Å². The zero-order chi connectivity index (χ0) is 12.2. The third-order valence-corrected chi connectivity index (χ3v) is 2.06. The van der Waals surface area contributed by atoms with Crippen LogP contribution in [0.15, 0.2) is 36.4 Å². The molecule has 1 aromatic rings. The Labute approximate surface area is 93.0 Å². The molecular weight excluding hydrogens is 216 g/mol. The molecule has 0 aromatic heterocycles. The molecule has 0 unspecified atom stereocenters. The summed E-state index contributed by atoms with van der Waals surface area (Å²) in [5.74, 6) is 0.449. The van der Waals surface area contributed by atoms with Gasteiger partial charge in [0.25, 0.3) is 0 Å². The van der Waals surface area contributed by atoms with Crippen molar-refractivity contribution in [1.82, 2.24) is 0 Å². The maximum Gasteiger partial charge on any atom is 0.509 e. The van der Waals surface area contributed by atoms with Crippen LogP contribution in [0.25, 0.3) is 0 Å². The van der Waals surface area contributed by atoms with E-state index >= 15 is 0 Å². The molecule has 1 nitrogen and oxygen atoms in total. The summed E-state index contributed by atoms with van der Waals surface area (Å²) in [6.07, 6.45) is 0.699. The van der Waals surface area contributed by atoms with Crippen molar-refractivity contribution >= 4 is 12.4 Å². The molecule has 0 atom stereocenters. The monoisotopic (exact) mass is 229 g/mol. The van der Waals surface area contributed by atoms with Gasteiger partial charge in [-0.1, -0.05) is 17.7 Å². The summed E-state index contributed by atoms with van der Waals surface area (Å²) in [5.41, 5.74) is 0.377. The summed E-state index contributed by atoms with van der Waals surface area (Å²) in [6, 6.07) is 4.75. The number of halogens is 3. The molecule has 5 heteroatoms. The number of hydrogen-bond donors (Lipinski definition) is 0. The molecule has 0 N–H and O–H groups in total. The molecule has 16 heavy (non-hydrogen) atoms. The molecule has 88 valence electrons. The van der Waals surface area contributed by atoms with Crippen molar-refractivity contribution in [2.45, 2.75) is 13.3 Å². The first-order valence-electron chi connectivity index (χ1n) is 4.96. The molecule has 0 saturated carbocycles. The summed E-state index contributed by atoms with van der Waals surface area (Å²) >= 11 is 0. The van der Waals surface area contributed by atoms with Crippen molar-refractivity contribution in [2.24, 2.45) is 0 Å². The van der Waals surface area contributed by atoms with Crippen molar-refractivity contribution in [3.05, 3.63) is 36.4 Å². The molecule has 0 spiro atoms. The van der Waals surface area contributed by atoms with E-state index in [4.69, 9.17) is 4.74 Å². The predicted octanol–water partition coefficient (Wildman–Crippen LogP) is 3.09. The van der Waals surface area contributed by atoms with Crippen molar-refractivity contribution in [2.75, 3.05) is 6.61 Å². The highest BCUT2D eigenvalue weighted by Gasteiger charge is 2.24. The second-order valence-corrected chi connectivity index (χ2v) is 3.70. The van der Waals surface area contributed by atoms with Crippen LogP contribution < -0.4 is 10.2 Å². The van der Waals surface area contributed by atoms with Gasteiger partial charge in [-0.25, -0.2) is 0 Å². The van der Waals surface area contributed by atoms with Gasteiger partial charge in [-0.15, -0.1) is 12.0 Å². The number of rotatable bonds is 5. The quantitative estimate of drug-likeness (QED) is 0.556. The summed E-state index contributed by atoms with van der Waals surface area (Å²) in [5, 5.41) is 0. The lowest BCUT2D eigenvalue weighted by Gasteiger charge is -2.15. The van der Waals surface area contributed by atoms with Gasteiger partial charge in [0.15, 0.2) is 0 Å². The van der Waals surface area contributed by atoms with Crippen molar-refractivity contribution in [3.63, 3.8) is 0 Å². The lowest BCUT2D eigenvalue weighted by atomic mass is 9.80. The second-order valence-electron chi connectivity index (χ2n) is 3.70. The summed E-state index contributed by atoms with van der Waals surface area (Å²) in [4.78, 5) is 0. The molecule has 0 saturated heterocycles. The highest BCUT2D eigenvalue weighted by Crippen LogP contribution is 2.14. The van der Waals surface area contributed by atoms with E-state index in [0.717, 1.165) is 17.7 Å². The maximum absolute atomic E-state index is 12.3. The molecule has 1 rings (SSSR count). The normalized spacial score (nSPS) is 11.2. The van der Waals surface area contributed by atoms with Crippen molar-refractivity contribution in [3.8, 4) is 5.75 Å². The number of benzene rings is 1. The Morgan fingerprint density at radius 1 is 1.25 bits per heavy atom. The molecule has 0 aliphatic rings. The minimum absolute atomic E-state index is 0.436. The summed E-state index contributed by atoms with van der Waals surface area (Å²) in [6.45, 7) is 1.10. The fourth-order valence-electron chi connectivity index (χ4n) is 1.13. The molecule has 0 amide bonds. The smallest absolute Gasteiger partial charge is 0.493 e. The van der Waals surface area contributed by atoms with Gasteiger partial charge in [0, 0.05) is 6.42 Å². The first-order valence-corrected chi connectivity index (χ1v) is 4.96. The summed E-state index contributed by atoms with van der Waals surface area (Å²) < 4.78 is 42.1. The lowest BCUT2D eigenvalue weighted by molar-refractivity contribution is 0.322. The first-order chi connectivity index (χ1) is 7.39. The Hall–Kier alpha value is -1.39. The van der Waals surface area contributed by atoms with E-state index in [1.807, 2.05) is 6.92 Å².